The van der Waals surface area contributed by atoms with Crippen LogP contribution in [0.4, 0.5) is 0 Å². The van der Waals surface area contributed by atoms with Gasteiger partial charge in [0.05, 0.1) is 19.1 Å². The molecule has 2 heterocycles. The maximum atomic E-state index is 13.2. The van der Waals surface area contributed by atoms with Crippen LogP contribution in [0.3, 0.4) is 0 Å². The highest BCUT2D eigenvalue weighted by atomic mass is 35.5. The highest BCUT2D eigenvalue weighted by molar-refractivity contribution is 6.32. The molecule has 8 heteroatoms. The lowest BCUT2D eigenvalue weighted by molar-refractivity contribution is -0.123. The Bertz CT molecular complexity index is 1050. The Kier molecular flexibility index (Phi) is 7.94. The van der Waals surface area contributed by atoms with Crippen molar-refractivity contribution in [3.63, 3.8) is 0 Å². The second-order valence-electron chi connectivity index (χ2n) is 7.84. The molecular weight excluding hydrogens is 430 g/mol. The van der Waals surface area contributed by atoms with Gasteiger partial charge in [-0.3, -0.25) is 14.3 Å². The van der Waals surface area contributed by atoms with Crippen molar-refractivity contribution in [2.45, 2.75) is 44.6 Å². The van der Waals surface area contributed by atoms with E-state index in [1.165, 1.54) is 11.8 Å². The number of aliphatic hydroxyl groups is 1. The molecule has 1 saturated heterocycles. The number of ketones is 1. The summed E-state index contributed by atoms with van der Waals surface area (Å²) in [7, 11) is 3.23. The Labute approximate surface area is 193 Å². The van der Waals surface area contributed by atoms with Crippen molar-refractivity contribution in [2.24, 2.45) is 7.05 Å². The summed E-state index contributed by atoms with van der Waals surface area (Å²) in [5.41, 5.74) is 1.68. The minimum atomic E-state index is -0.941. The number of methoxy groups -OCH3 is 1. The van der Waals surface area contributed by atoms with Crippen LogP contribution in [0.2, 0.25) is 5.02 Å². The maximum absolute atomic E-state index is 13.2. The molecule has 0 saturated carbocycles. The molecule has 1 amide bonds. The molecule has 2 unspecified atom stereocenters. The minimum absolute atomic E-state index is 0.123. The number of nitrogens with zero attached hydrogens (tertiary/aromatic N) is 3. The zero-order chi connectivity index (χ0) is 23.3. The Morgan fingerprint density at radius 3 is 2.72 bits per heavy atom. The van der Waals surface area contributed by atoms with E-state index in [-0.39, 0.29) is 18.1 Å². The zero-order valence-corrected chi connectivity index (χ0v) is 19.4. The van der Waals surface area contributed by atoms with Gasteiger partial charge < -0.3 is 14.7 Å². The van der Waals surface area contributed by atoms with Gasteiger partial charge in [0.25, 0.3) is 5.91 Å². The molecule has 0 radical (unpaired) electrons. The molecule has 2 aromatic rings. The lowest BCUT2D eigenvalue weighted by atomic mass is 9.84. The molecule has 0 aliphatic carbocycles. The van der Waals surface area contributed by atoms with Gasteiger partial charge in [-0.05, 0) is 44.4 Å². The van der Waals surface area contributed by atoms with Crippen molar-refractivity contribution < 1.29 is 19.4 Å². The molecule has 1 aliphatic rings. The molecule has 170 valence electrons. The third-order valence-electron chi connectivity index (χ3n) is 5.73. The number of carbonyl (C=O) groups excluding carboxylic acids is 2. The number of hydrogen-bond donors (Lipinski definition) is 1. The predicted molar refractivity (Wildman–Crippen MR) is 122 cm³/mol. The van der Waals surface area contributed by atoms with E-state index < -0.39 is 12.0 Å². The quantitative estimate of drug-likeness (QED) is 0.715. The molecule has 1 aromatic carbocycles. The van der Waals surface area contributed by atoms with Gasteiger partial charge in [0.2, 0.25) is 0 Å². The molecule has 3 rings (SSSR count). The number of rotatable bonds is 3. The average Bonchev–Trinajstić information content (AvgIpc) is 3.19. The van der Waals surface area contributed by atoms with Crippen LogP contribution in [-0.2, 0) is 11.8 Å². The number of aliphatic hydroxyl groups excluding tert-OH is 1. The monoisotopic (exact) mass is 457 g/mol. The molecule has 2 atom stereocenters. The van der Waals surface area contributed by atoms with E-state index in [1.807, 2.05) is 0 Å². The number of amides is 1. The molecule has 32 heavy (non-hydrogen) atoms. The number of Topliss-reactive ketones (excluding diaryl/α,β-unsaturated/α-hetero) is 1. The Morgan fingerprint density at radius 2 is 2.06 bits per heavy atom. The Balaban J connectivity index is 1.84. The smallest absolute Gasteiger partial charge is 0.272 e. The van der Waals surface area contributed by atoms with Gasteiger partial charge >= 0.3 is 0 Å². The SMILES string of the molecule is CC#Cc1cc(Cl)c(C2C(=O)CCCN(C(=O)c3ccnn3C)CCCC2O)c(OC)c1. The van der Waals surface area contributed by atoms with E-state index >= 15 is 0 Å². The first-order chi connectivity index (χ1) is 15.4. The summed E-state index contributed by atoms with van der Waals surface area (Å²) in [6, 6.07) is 5.12. The molecule has 0 spiro atoms. The van der Waals surface area contributed by atoms with Gasteiger partial charge in [0, 0.05) is 48.9 Å². The number of benzene rings is 1. The summed E-state index contributed by atoms with van der Waals surface area (Å²) in [5, 5.41) is 15.4. The third kappa shape index (κ3) is 5.14. The molecule has 1 fully saturated rings. The van der Waals surface area contributed by atoms with Gasteiger partial charge in [-0.15, -0.1) is 5.92 Å². The molecule has 1 N–H and O–H groups in total. The van der Waals surface area contributed by atoms with Crippen molar-refractivity contribution >= 4 is 23.3 Å². The van der Waals surface area contributed by atoms with E-state index in [0.29, 0.717) is 59.9 Å². The topological polar surface area (TPSA) is 84.7 Å². The summed E-state index contributed by atoms with van der Waals surface area (Å²) >= 11 is 6.54. The van der Waals surface area contributed by atoms with Crippen LogP contribution in [0.1, 0.15) is 60.1 Å². The van der Waals surface area contributed by atoms with Crippen LogP contribution in [0, 0.1) is 11.8 Å². The Hall–Kier alpha value is -2.82. The maximum Gasteiger partial charge on any atom is 0.272 e. The summed E-state index contributed by atoms with van der Waals surface area (Å²) < 4.78 is 7.06. The van der Waals surface area contributed by atoms with E-state index in [9.17, 15) is 14.7 Å². The van der Waals surface area contributed by atoms with E-state index in [0.717, 1.165) is 0 Å². The highest BCUT2D eigenvalue weighted by Crippen LogP contribution is 2.39. The fourth-order valence-electron chi connectivity index (χ4n) is 4.17. The number of ether oxygens (including phenoxy) is 1. The first-order valence-corrected chi connectivity index (χ1v) is 11.0. The predicted octanol–water partition coefficient (Wildman–Crippen LogP) is 3.18. The van der Waals surface area contributed by atoms with Crippen LogP contribution in [-0.4, -0.2) is 57.8 Å². The largest absolute Gasteiger partial charge is 0.496 e. The number of aromatic nitrogens is 2. The molecule has 7 nitrogen and oxygen atoms in total. The van der Waals surface area contributed by atoms with Crippen molar-refractivity contribution in [2.75, 3.05) is 20.2 Å². The normalized spacial score (nSPS) is 19.8. The van der Waals surface area contributed by atoms with Crippen molar-refractivity contribution in [1.29, 1.82) is 0 Å². The van der Waals surface area contributed by atoms with Gasteiger partial charge in [0.1, 0.15) is 17.2 Å². The molecule has 0 bridgehead atoms. The van der Waals surface area contributed by atoms with Crippen LogP contribution in [0.15, 0.2) is 24.4 Å². The van der Waals surface area contributed by atoms with Gasteiger partial charge in [-0.1, -0.05) is 17.5 Å². The standard InChI is InChI=1S/C24H28ClN3O4/c1-4-7-16-14-17(25)22(21(15-16)32-3)23-19(29)8-5-12-28(13-6-9-20(23)30)24(31)18-10-11-26-27(18)2/h10-11,14-15,19,23,29H,5-6,8-9,12-13H2,1-3H3. The average molecular weight is 458 g/mol. The highest BCUT2D eigenvalue weighted by Gasteiger charge is 2.34. The summed E-state index contributed by atoms with van der Waals surface area (Å²) in [5.74, 6) is 5.17. The minimum Gasteiger partial charge on any atom is -0.496 e. The van der Waals surface area contributed by atoms with Crippen molar-refractivity contribution in [3.05, 3.63) is 46.2 Å². The number of hydrogen-bond acceptors (Lipinski definition) is 5. The summed E-state index contributed by atoms with van der Waals surface area (Å²) in [6.45, 7) is 2.66. The second kappa shape index (κ2) is 10.7. The molecular formula is C24H28ClN3O4. The zero-order valence-electron chi connectivity index (χ0n) is 18.6. The van der Waals surface area contributed by atoms with Crippen LogP contribution in [0.25, 0.3) is 0 Å². The number of aryl methyl sites for hydroxylation is 1. The molecule has 1 aromatic heterocycles. The fraction of sp³-hybridized carbons (Fsp3) is 0.458. The van der Waals surface area contributed by atoms with Crippen LogP contribution in [0.5, 0.6) is 5.75 Å². The van der Waals surface area contributed by atoms with E-state index in [1.54, 1.807) is 43.3 Å². The van der Waals surface area contributed by atoms with E-state index in [4.69, 9.17) is 16.3 Å². The van der Waals surface area contributed by atoms with Crippen molar-refractivity contribution in [1.82, 2.24) is 14.7 Å². The first kappa shape index (κ1) is 23.8. The third-order valence-corrected chi connectivity index (χ3v) is 6.04. The number of halogens is 1. The van der Waals surface area contributed by atoms with Crippen molar-refractivity contribution in [3.8, 4) is 17.6 Å². The second-order valence-corrected chi connectivity index (χ2v) is 8.25. The molecule has 1 aliphatic heterocycles. The van der Waals surface area contributed by atoms with Gasteiger partial charge in [-0.2, -0.15) is 5.10 Å². The number of carbonyl (C=O) groups is 2. The Morgan fingerprint density at radius 1 is 1.31 bits per heavy atom. The van der Waals surface area contributed by atoms with Gasteiger partial charge in [0.15, 0.2) is 0 Å². The van der Waals surface area contributed by atoms with Gasteiger partial charge in [-0.25, -0.2) is 0 Å². The fourth-order valence-corrected chi connectivity index (χ4v) is 4.49. The summed E-state index contributed by atoms with van der Waals surface area (Å²) in [4.78, 5) is 27.8. The van der Waals surface area contributed by atoms with Crippen LogP contribution < -0.4 is 4.74 Å². The van der Waals surface area contributed by atoms with E-state index in [2.05, 4.69) is 16.9 Å². The summed E-state index contributed by atoms with van der Waals surface area (Å²) in [6.07, 6.45) is 2.25. The lowest BCUT2D eigenvalue weighted by Crippen LogP contribution is -2.37. The lowest BCUT2D eigenvalue weighted by Gasteiger charge is -2.29. The first-order valence-electron chi connectivity index (χ1n) is 10.7. The van der Waals surface area contributed by atoms with Crippen LogP contribution >= 0.6 is 11.6 Å².